The van der Waals surface area contributed by atoms with Crippen molar-refractivity contribution in [2.24, 2.45) is 4.99 Å². The monoisotopic (exact) mass is 527 g/mol. The average Bonchev–Trinajstić information content (AvgIpc) is 3.07. The summed E-state index contributed by atoms with van der Waals surface area (Å²) in [4.78, 5) is 36.0. The van der Waals surface area contributed by atoms with Crippen LogP contribution in [0.3, 0.4) is 0 Å². The lowest BCUT2D eigenvalue weighted by Crippen LogP contribution is -2.40. The molecule has 0 radical (unpaired) electrons. The molecule has 0 amide bonds. The second-order valence-electron chi connectivity index (χ2n) is 7.71. The van der Waals surface area contributed by atoms with Crippen LogP contribution in [0.15, 0.2) is 68.3 Å². The topological polar surface area (TPSA) is 82.8 Å². The highest BCUT2D eigenvalue weighted by Gasteiger charge is 2.35. The van der Waals surface area contributed by atoms with Crippen molar-refractivity contribution in [3.8, 4) is 5.75 Å². The number of thiazole rings is 1. The molecule has 0 unspecified atom stereocenters. The van der Waals surface area contributed by atoms with E-state index in [-0.39, 0.29) is 11.7 Å². The highest BCUT2D eigenvalue weighted by Crippen LogP contribution is 2.37. The van der Waals surface area contributed by atoms with Gasteiger partial charge in [0, 0.05) is 22.4 Å². The first kappa shape index (κ1) is 23.1. The minimum atomic E-state index is -0.754. The molecule has 0 spiro atoms. The van der Waals surface area contributed by atoms with Gasteiger partial charge in [-0.05, 0) is 56.7 Å². The maximum atomic E-state index is 13.6. The Balaban J connectivity index is 2.01. The van der Waals surface area contributed by atoms with Gasteiger partial charge < -0.3 is 9.47 Å². The molecular formula is C24H22BrN3O4S. The fraction of sp³-hybridized carbons (Fsp3) is 0.250. The van der Waals surface area contributed by atoms with E-state index in [1.165, 1.54) is 11.3 Å². The summed E-state index contributed by atoms with van der Waals surface area (Å²) >= 11 is 4.77. The van der Waals surface area contributed by atoms with E-state index in [1.807, 2.05) is 24.3 Å². The van der Waals surface area contributed by atoms with E-state index in [0.717, 1.165) is 10.0 Å². The van der Waals surface area contributed by atoms with Gasteiger partial charge in [0.1, 0.15) is 11.8 Å². The lowest BCUT2D eigenvalue weighted by molar-refractivity contribution is -0.143. The van der Waals surface area contributed by atoms with Gasteiger partial charge in [-0.15, -0.1) is 0 Å². The molecule has 9 heteroatoms. The van der Waals surface area contributed by atoms with Gasteiger partial charge >= 0.3 is 5.97 Å². The molecule has 0 N–H and O–H groups in total. The summed E-state index contributed by atoms with van der Waals surface area (Å²) in [6, 6.07) is 8.42. The Bertz CT molecular complexity index is 1420. The van der Waals surface area contributed by atoms with Gasteiger partial charge in [-0.25, -0.2) is 9.79 Å². The van der Waals surface area contributed by atoms with Crippen molar-refractivity contribution in [1.29, 1.82) is 0 Å². The number of allylic oxidation sites excluding steroid dienone is 1. The van der Waals surface area contributed by atoms with Gasteiger partial charge in [0.25, 0.3) is 5.56 Å². The molecule has 1 atom stereocenters. The molecule has 0 fully saturated rings. The number of fused-ring (bicyclic) bond motifs is 1. The molecule has 3 heterocycles. The zero-order chi connectivity index (χ0) is 23.7. The van der Waals surface area contributed by atoms with Crippen LogP contribution in [-0.2, 0) is 9.53 Å². The van der Waals surface area contributed by atoms with Crippen molar-refractivity contribution in [2.75, 3.05) is 7.11 Å². The number of rotatable bonds is 5. The van der Waals surface area contributed by atoms with E-state index >= 15 is 0 Å². The molecule has 2 aromatic heterocycles. The molecule has 1 aliphatic rings. The van der Waals surface area contributed by atoms with Crippen molar-refractivity contribution in [1.82, 2.24) is 9.55 Å². The van der Waals surface area contributed by atoms with Gasteiger partial charge in [-0.1, -0.05) is 33.3 Å². The molecule has 0 aliphatic carbocycles. The molecule has 33 heavy (non-hydrogen) atoms. The van der Waals surface area contributed by atoms with E-state index in [4.69, 9.17) is 9.47 Å². The molecule has 0 saturated carbocycles. The zero-order valence-corrected chi connectivity index (χ0v) is 20.9. The number of benzene rings is 1. The van der Waals surface area contributed by atoms with Crippen LogP contribution in [0.1, 0.15) is 37.9 Å². The number of carbonyl (C=O) groups is 1. The van der Waals surface area contributed by atoms with Crippen molar-refractivity contribution in [3.05, 3.63) is 89.3 Å². The first-order valence-electron chi connectivity index (χ1n) is 10.3. The number of carbonyl (C=O) groups excluding carboxylic acids is 1. The van der Waals surface area contributed by atoms with E-state index < -0.39 is 12.0 Å². The van der Waals surface area contributed by atoms with E-state index in [2.05, 4.69) is 25.9 Å². The molecule has 3 aromatic rings. The van der Waals surface area contributed by atoms with Crippen LogP contribution >= 0.6 is 27.3 Å². The summed E-state index contributed by atoms with van der Waals surface area (Å²) < 4.78 is 14.0. The van der Waals surface area contributed by atoms with Crippen molar-refractivity contribution in [2.45, 2.75) is 32.9 Å². The number of halogens is 1. The third-order valence-corrected chi connectivity index (χ3v) is 6.53. The van der Waals surface area contributed by atoms with Crippen LogP contribution in [-0.4, -0.2) is 28.7 Å². The number of esters is 1. The standard InChI is InChI=1S/C24H22BrN3O4S/c1-13(2)32-23(30)20-14(3)27-24-28(21(20)17-11-16(25)7-8-18(17)31-4)22(29)19(33-24)10-15-6-5-9-26-12-15/h5-13,21H,1-4H3/b19-10-/t21-/m0/s1. The summed E-state index contributed by atoms with van der Waals surface area (Å²) in [5.41, 5.74) is 2.01. The average molecular weight is 528 g/mol. The summed E-state index contributed by atoms with van der Waals surface area (Å²) in [6.45, 7) is 5.32. The van der Waals surface area contributed by atoms with Gasteiger partial charge in [0.15, 0.2) is 4.80 Å². The van der Waals surface area contributed by atoms with Crippen molar-refractivity contribution < 1.29 is 14.3 Å². The predicted octanol–water partition coefficient (Wildman–Crippen LogP) is 3.35. The maximum Gasteiger partial charge on any atom is 0.338 e. The zero-order valence-electron chi connectivity index (χ0n) is 18.5. The number of hydrogen-bond donors (Lipinski definition) is 0. The fourth-order valence-corrected chi connectivity index (χ4v) is 5.11. The number of aromatic nitrogens is 2. The quantitative estimate of drug-likeness (QED) is 0.475. The summed E-state index contributed by atoms with van der Waals surface area (Å²) in [6.07, 6.45) is 4.81. The minimum absolute atomic E-state index is 0.253. The second kappa shape index (κ2) is 9.44. The third-order valence-electron chi connectivity index (χ3n) is 5.05. The fourth-order valence-electron chi connectivity index (χ4n) is 3.69. The molecule has 1 aliphatic heterocycles. The van der Waals surface area contributed by atoms with E-state index in [9.17, 15) is 9.59 Å². The Labute approximate surface area is 202 Å². The lowest BCUT2D eigenvalue weighted by atomic mass is 9.95. The molecule has 0 saturated heterocycles. The number of ether oxygens (including phenoxy) is 2. The Hall–Kier alpha value is -3.04. The van der Waals surface area contributed by atoms with Crippen LogP contribution in [0, 0.1) is 0 Å². The van der Waals surface area contributed by atoms with Crippen molar-refractivity contribution >= 4 is 39.3 Å². The van der Waals surface area contributed by atoms with Crippen LogP contribution in [0.25, 0.3) is 6.08 Å². The largest absolute Gasteiger partial charge is 0.496 e. The van der Waals surface area contributed by atoms with Gasteiger partial charge in [-0.3, -0.25) is 14.3 Å². The molecule has 7 nitrogen and oxygen atoms in total. The van der Waals surface area contributed by atoms with Crippen molar-refractivity contribution in [3.63, 3.8) is 0 Å². The first-order chi connectivity index (χ1) is 15.8. The SMILES string of the molecule is COc1ccc(Br)cc1[C@H]1C(C(=O)OC(C)C)=C(C)N=c2s/c(=C\c3cccnc3)c(=O)n21. The molecule has 170 valence electrons. The Morgan fingerprint density at radius 2 is 2.09 bits per heavy atom. The summed E-state index contributed by atoms with van der Waals surface area (Å²) in [5, 5.41) is 0. The first-order valence-corrected chi connectivity index (χ1v) is 11.9. The Morgan fingerprint density at radius 3 is 2.76 bits per heavy atom. The third kappa shape index (κ3) is 4.56. The lowest BCUT2D eigenvalue weighted by Gasteiger charge is -2.26. The molecule has 0 bridgehead atoms. The highest BCUT2D eigenvalue weighted by molar-refractivity contribution is 9.10. The van der Waals surface area contributed by atoms with Gasteiger partial charge in [0.2, 0.25) is 0 Å². The number of pyridine rings is 1. The Kier molecular flexibility index (Phi) is 6.62. The van der Waals surface area contributed by atoms with Crippen LogP contribution in [0.5, 0.6) is 5.75 Å². The number of hydrogen-bond acceptors (Lipinski definition) is 7. The number of methoxy groups -OCH3 is 1. The smallest absolute Gasteiger partial charge is 0.338 e. The molecule has 4 rings (SSSR count). The van der Waals surface area contributed by atoms with Gasteiger partial charge in [-0.2, -0.15) is 0 Å². The Morgan fingerprint density at radius 1 is 1.30 bits per heavy atom. The van der Waals surface area contributed by atoms with E-state index in [0.29, 0.717) is 31.9 Å². The maximum absolute atomic E-state index is 13.6. The molecular weight excluding hydrogens is 506 g/mol. The molecule has 1 aromatic carbocycles. The highest BCUT2D eigenvalue weighted by atomic mass is 79.9. The summed E-state index contributed by atoms with van der Waals surface area (Å²) in [7, 11) is 1.56. The van der Waals surface area contributed by atoms with Gasteiger partial charge in [0.05, 0.1) is 29.0 Å². The number of nitrogens with zero attached hydrogens (tertiary/aromatic N) is 3. The van der Waals surface area contributed by atoms with Crippen LogP contribution in [0.4, 0.5) is 0 Å². The predicted molar refractivity (Wildman–Crippen MR) is 130 cm³/mol. The van der Waals surface area contributed by atoms with Crippen LogP contribution in [0.2, 0.25) is 0 Å². The van der Waals surface area contributed by atoms with Crippen LogP contribution < -0.4 is 19.6 Å². The normalized spacial score (nSPS) is 15.9. The van der Waals surface area contributed by atoms with E-state index in [1.54, 1.807) is 57.0 Å². The second-order valence-corrected chi connectivity index (χ2v) is 9.63. The minimum Gasteiger partial charge on any atom is -0.496 e. The summed E-state index contributed by atoms with van der Waals surface area (Å²) in [5.74, 6) is 0.0365.